The summed E-state index contributed by atoms with van der Waals surface area (Å²) in [4.78, 5) is 14.9. The van der Waals surface area contributed by atoms with Gasteiger partial charge in [-0.05, 0) is 36.2 Å². The third-order valence-corrected chi connectivity index (χ3v) is 5.12. The van der Waals surface area contributed by atoms with E-state index in [0.717, 1.165) is 59.0 Å². The number of carbonyl (C=O) groups excluding carboxylic acids is 1. The molecule has 148 valence electrons. The Balaban J connectivity index is 1.71. The smallest absolute Gasteiger partial charge is 0.144 e. The van der Waals surface area contributed by atoms with Crippen LogP contribution in [0.3, 0.4) is 0 Å². The molecule has 0 spiro atoms. The van der Waals surface area contributed by atoms with E-state index in [2.05, 4.69) is 11.9 Å². The molecule has 0 amide bonds. The lowest BCUT2D eigenvalue weighted by Crippen LogP contribution is -2.12. The molecule has 2 heterocycles. The molecule has 0 saturated heterocycles. The molecule has 4 rings (SSSR count). The minimum atomic E-state index is -0.263. The lowest BCUT2D eigenvalue weighted by atomic mass is 10.1. The van der Waals surface area contributed by atoms with Crippen molar-refractivity contribution in [3.63, 3.8) is 0 Å². The molecule has 0 aliphatic rings. The van der Waals surface area contributed by atoms with Crippen LogP contribution in [0.25, 0.3) is 22.2 Å². The summed E-state index contributed by atoms with van der Waals surface area (Å²) in [6, 6.07) is 17.8. The van der Waals surface area contributed by atoms with E-state index < -0.39 is 0 Å². The largest absolute Gasteiger partial charge is 0.489 e. The van der Waals surface area contributed by atoms with Gasteiger partial charge in [0.2, 0.25) is 0 Å². The van der Waals surface area contributed by atoms with Crippen LogP contribution in [0.4, 0.5) is 0 Å². The summed E-state index contributed by atoms with van der Waals surface area (Å²) in [6.07, 6.45) is 7.63. The molecule has 5 heteroatoms. The van der Waals surface area contributed by atoms with Crippen molar-refractivity contribution in [3.05, 3.63) is 72.6 Å². The van der Waals surface area contributed by atoms with E-state index >= 15 is 0 Å². The minimum Gasteiger partial charge on any atom is -0.489 e. The zero-order valence-corrected chi connectivity index (χ0v) is 16.5. The van der Waals surface area contributed by atoms with Crippen molar-refractivity contribution in [2.24, 2.45) is 0 Å². The summed E-state index contributed by atoms with van der Waals surface area (Å²) in [5.41, 5.74) is 3.92. The number of ether oxygens (including phenoxy) is 1. The van der Waals surface area contributed by atoms with Gasteiger partial charge >= 0.3 is 0 Å². The fraction of sp³-hybridized carbons (Fsp3) is 0.250. The Hall–Kier alpha value is -3.34. The van der Waals surface area contributed by atoms with E-state index in [1.54, 1.807) is 0 Å². The third kappa shape index (κ3) is 4.09. The van der Waals surface area contributed by atoms with Crippen molar-refractivity contribution in [3.8, 4) is 17.0 Å². The van der Waals surface area contributed by atoms with E-state index in [1.807, 2.05) is 71.7 Å². The quantitative estimate of drug-likeness (QED) is 0.384. The summed E-state index contributed by atoms with van der Waals surface area (Å²) < 4.78 is 7.88. The average Bonchev–Trinajstić information content (AvgIpc) is 3.42. The molecule has 2 aromatic heterocycles. The summed E-state index contributed by atoms with van der Waals surface area (Å²) in [5, 5.41) is 5.81. The first-order chi connectivity index (χ1) is 14.3. The van der Waals surface area contributed by atoms with Crippen molar-refractivity contribution in [1.29, 1.82) is 0 Å². The van der Waals surface area contributed by atoms with Gasteiger partial charge < -0.3 is 14.5 Å². The van der Waals surface area contributed by atoms with Crippen LogP contribution in [0.15, 0.2) is 67.0 Å². The first-order valence-electron chi connectivity index (χ1n) is 10.1. The number of nitrogens with one attached hydrogen (secondary N) is 1. The highest BCUT2D eigenvalue weighted by molar-refractivity contribution is 5.94. The minimum absolute atomic E-state index is 0.263. The van der Waals surface area contributed by atoms with Gasteiger partial charge in [-0.25, -0.2) is 0 Å². The summed E-state index contributed by atoms with van der Waals surface area (Å²) >= 11 is 0. The van der Waals surface area contributed by atoms with Crippen LogP contribution in [0.1, 0.15) is 37.8 Å². The number of carbonyl (C=O) groups is 1. The van der Waals surface area contributed by atoms with Gasteiger partial charge in [-0.2, -0.15) is 5.10 Å². The second kappa shape index (κ2) is 8.78. The van der Waals surface area contributed by atoms with Crippen LogP contribution in [-0.2, 0) is 11.4 Å². The van der Waals surface area contributed by atoms with Crippen molar-refractivity contribution < 1.29 is 9.53 Å². The van der Waals surface area contributed by atoms with Gasteiger partial charge in [0, 0.05) is 23.3 Å². The number of aromatic nitrogens is 3. The molecular formula is C24H25N3O2. The Morgan fingerprint density at radius 2 is 2.03 bits per heavy atom. The van der Waals surface area contributed by atoms with Crippen LogP contribution < -0.4 is 4.74 Å². The van der Waals surface area contributed by atoms with Crippen LogP contribution in [0.5, 0.6) is 5.75 Å². The zero-order chi connectivity index (χ0) is 20.1. The fourth-order valence-corrected chi connectivity index (χ4v) is 3.55. The SMILES string of the molecule is CCCCC(C=O)n1nc(-c2cc[nH]c2)c2cc(OCc3ccccc3)ccc21. The summed E-state index contributed by atoms with van der Waals surface area (Å²) in [5.74, 6) is 0.786. The second-order valence-electron chi connectivity index (χ2n) is 7.19. The number of aldehydes is 1. The molecule has 1 unspecified atom stereocenters. The van der Waals surface area contributed by atoms with Gasteiger partial charge in [-0.3, -0.25) is 4.68 Å². The highest BCUT2D eigenvalue weighted by Gasteiger charge is 2.19. The Morgan fingerprint density at radius 3 is 2.76 bits per heavy atom. The number of H-pyrrole nitrogens is 1. The van der Waals surface area contributed by atoms with E-state index in [9.17, 15) is 4.79 Å². The highest BCUT2D eigenvalue weighted by atomic mass is 16.5. The standard InChI is InChI=1S/C24H25N3O2/c1-2-3-9-20(16-28)27-23-11-10-21(29-17-18-7-5-4-6-8-18)14-22(23)24(26-27)19-12-13-25-15-19/h4-8,10-16,20,25H,2-3,9,17H2,1H3. The van der Waals surface area contributed by atoms with Crippen LogP contribution >= 0.6 is 0 Å². The Morgan fingerprint density at radius 1 is 1.17 bits per heavy atom. The average molecular weight is 387 g/mol. The summed E-state index contributed by atoms with van der Waals surface area (Å²) in [6.45, 7) is 2.64. The van der Waals surface area contributed by atoms with Gasteiger partial charge in [0.15, 0.2) is 0 Å². The van der Waals surface area contributed by atoms with E-state index in [-0.39, 0.29) is 6.04 Å². The van der Waals surface area contributed by atoms with Crippen molar-refractivity contribution in [1.82, 2.24) is 14.8 Å². The maximum Gasteiger partial charge on any atom is 0.144 e. The first kappa shape index (κ1) is 19.0. The van der Waals surface area contributed by atoms with Crippen LogP contribution in [0.2, 0.25) is 0 Å². The molecule has 0 aliphatic heterocycles. The number of unbranched alkanes of at least 4 members (excludes halogenated alkanes) is 1. The van der Waals surface area contributed by atoms with Crippen molar-refractivity contribution in [2.75, 3.05) is 0 Å². The summed E-state index contributed by atoms with van der Waals surface area (Å²) in [7, 11) is 0. The molecule has 0 fully saturated rings. The van der Waals surface area contributed by atoms with Crippen molar-refractivity contribution >= 4 is 17.2 Å². The predicted molar refractivity (Wildman–Crippen MR) is 115 cm³/mol. The normalized spacial score (nSPS) is 12.2. The molecule has 0 radical (unpaired) electrons. The number of aromatic amines is 1. The number of nitrogens with zero attached hydrogens (tertiary/aromatic N) is 2. The molecule has 1 N–H and O–H groups in total. The Bertz CT molecular complexity index is 1070. The Kier molecular flexibility index (Phi) is 5.75. The van der Waals surface area contributed by atoms with E-state index in [0.29, 0.717) is 6.61 Å². The molecule has 0 saturated carbocycles. The first-order valence-corrected chi connectivity index (χ1v) is 10.1. The lowest BCUT2D eigenvalue weighted by Gasteiger charge is -2.12. The van der Waals surface area contributed by atoms with Gasteiger partial charge in [0.25, 0.3) is 0 Å². The molecule has 0 bridgehead atoms. The van der Waals surface area contributed by atoms with E-state index in [1.165, 1.54) is 0 Å². The van der Waals surface area contributed by atoms with Crippen LogP contribution in [-0.4, -0.2) is 21.1 Å². The molecule has 2 aromatic carbocycles. The monoisotopic (exact) mass is 387 g/mol. The topological polar surface area (TPSA) is 59.9 Å². The number of fused-ring (bicyclic) bond motifs is 1. The zero-order valence-electron chi connectivity index (χ0n) is 16.5. The van der Waals surface area contributed by atoms with Crippen LogP contribution in [0, 0.1) is 0 Å². The molecule has 0 aliphatic carbocycles. The van der Waals surface area contributed by atoms with Gasteiger partial charge in [0.05, 0.1) is 5.52 Å². The molecule has 29 heavy (non-hydrogen) atoms. The van der Waals surface area contributed by atoms with Crippen molar-refractivity contribution in [2.45, 2.75) is 38.8 Å². The van der Waals surface area contributed by atoms with Gasteiger partial charge in [-0.1, -0.05) is 50.1 Å². The van der Waals surface area contributed by atoms with Gasteiger partial charge in [-0.15, -0.1) is 0 Å². The predicted octanol–water partition coefficient (Wildman–Crippen LogP) is 5.54. The molecule has 5 nitrogen and oxygen atoms in total. The molecule has 1 atom stereocenters. The highest BCUT2D eigenvalue weighted by Crippen LogP contribution is 2.33. The van der Waals surface area contributed by atoms with Gasteiger partial charge in [0.1, 0.15) is 30.4 Å². The second-order valence-corrected chi connectivity index (χ2v) is 7.19. The number of rotatable bonds is 9. The van der Waals surface area contributed by atoms with E-state index in [4.69, 9.17) is 9.84 Å². The Labute approximate surface area is 170 Å². The number of benzene rings is 2. The third-order valence-electron chi connectivity index (χ3n) is 5.12. The maximum atomic E-state index is 11.8. The molecular weight excluding hydrogens is 362 g/mol. The number of hydrogen-bond donors (Lipinski definition) is 1. The fourth-order valence-electron chi connectivity index (χ4n) is 3.55. The lowest BCUT2D eigenvalue weighted by molar-refractivity contribution is -0.110. The maximum absolute atomic E-state index is 11.8. The number of hydrogen-bond acceptors (Lipinski definition) is 3. The molecule has 4 aromatic rings.